The maximum absolute atomic E-state index is 4.10. The van der Waals surface area contributed by atoms with Crippen LogP contribution in [0.2, 0.25) is 0 Å². The van der Waals surface area contributed by atoms with Crippen molar-refractivity contribution < 1.29 is 0 Å². The summed E-state index contributed by atoms with van der Waals surface area (Å²) in [5, 5.41) is 11.2. The normalized spacial score (nSPS) is 10.6. The molecule has 4 nitrogen and oxygen atoms in total. The molecule has 1 heterocycles. The van der Waals surface area contributed by atoms with Crippen LogP contribution in [0.15, 0.2) is 0 Å². The van der Waals surface area contributed by atoms with E-state index in [1.54, 1.807) is 0 Å². The van der Waals surface area contributed by atoms with E-state index in [-0.39, 0.29) is 0 Å². The van der Waals surface area contributed by atoms with Gasteiger partial charge in [-0.05, 0) is 20.9 Å². The van der Waals surface area contributed by atoms with E-state index in [1.807, 2.05) is 14.0 Å². The molecule has 0 spiro atoms. The highest BCUT2D eigenvalue weighted by Crippen LogP contribution is 2.00. The molecule has 0 saturated heterocycles. The number of aromatic nitrogens is 3. The van der Waals surface area contributed by atoms with Crippen LogP contribution in [0.25, 0.3) is 0 Å². The van der Waals surface area contributed by atoms with Gasteiger partial charge in [0.2, 0.25) is 0 Å². The van der Waals surface area contributed by atoms with Gasteiger partial charge in [-0.15, -0.1) is 10.2 Å². The molecular formula is C8H16N4. The zero-order valence-electron chi connectivity index (χ0n) is 7.96. The summed E-state index contributed by atoms with van der Waals surface area (Å²) in [6, 6.07) is 0. The molecule has 0 unspecified atom stereocenters. The lowest BCUT2D eigenvalue weighted by Gasteiger charge is -2.03. The molecule has 1 aromatic heterocycles. The fourth-order valence-electron chi connectivity index (χ4n) is 1.26. The van der Waals surface area contributed by atoms with Crippen LogP contribution in [0.1, 0.15) is 18.6 Å². The molecule has 0 aromatic carbocycles. The molecule has 4 heteroatoms. The van der Waals surface area contributed by atoms with Crippen LogP contribution in [0.5, 0.6) is 0 Å². The Balaban J connectivity index is 2.70. The highest BCUT2D eigenvalue weighted by Gasteiger charge is 2.04. The second kappa shape index (κ2) is 4.21. The quantitative estimate of drug-likeness (QED) is 0.706. The third kappa shape index (κ3) is 1.82. The van der Waals surface area contributed by atoms with Gasteiger partial charge >= 0.3 is 0 Å². The summed E-state index contributed by atoms with van der Waals surface area (Å²) in [7, 11) is 1.94. The van der Waals surface area contributed by atoms with Crippen molar-refractivity contribution in [2.45, 2.75) is 26.8 Å². The van der Waals surface area contributed by atoms with Gasteiger partial charge in [0.05, 0.1) is 0 Å². The largest absolute Gasteiger partial charge is 0.319 e. The van der Waals surface area contributed by atoms with Crippen LogP contribution >= 0.6 is 0 Å². The SMILES string of the molecule is CCn1c(C)nnc1CCNC. The van der Waals surface area contributed by atoms with Crippen molar-refractivity contribution in [3.05, 3.63) is 11.6 Å². The Morgan fingerprint density at radius 2 is 2.17 bits per heavy atom. The Bertz CT molecular complexity index is 241. The molecule has 0 atom stereocenters. The minimum absolute atomic E-state index is 0.950. The zero-order valence-corrected chi connectivity index (χ0v) is 7.96. The van der Waals surface area contributed by atoms with Crippen molar-refractivity contribution in [1.29, 1.82) is 0 Å². The molecule has 1 N–H and O–H groups in total. The van der Waals surface area contributed by atoms with Crippen molar-refractivity contribution in [3.63, 3.8) is 0 Å². The van der Waals surface area contributed by atoms with E-state index in [2.05, 4.69) is 27.0 Å². The molecule has 0 bridgehead atoms. The summed E-state index contributed by atoms with van der Waals surface area (Å²) in [5.41, 5.74) is 0. The van der Waals surface area contributed by atoms with Crippen LogP contribution < -0.4 is 5.32 Å². The fraction of sp³-hybridized carbons (Fsp3) is 0.750. The summed E-state index contributed by atoms with van der Waals surface area (Å²) in [6.45, 7) is 6.01. The maximum Gasteiger partial charge on any atom is 0.134 e. The van der Waals surface area contributed by atoms with Gasteiger partial charge in [0, 0.05) is 19.5 Å². The summed E-state index contributed by atoms with van der Waals surface area (Å²) < 4.78 is 2.14. The Morgan fingerprint density at radius 1 is 1.42 bits per heavy atom. The summed E-state index contributed by atoms with van der Waals surface area (Å²) in [6.07, 6.45) is 0.950. The number of hydrogen-bond acceptors (Lipinski definition) is 3. The molecule has 1 rings (SSSR count). The van der Waals surface area contributed by atoms with Gasteiger partial charge in [-0.3, -0.25) is 0 Å². The minimum Gasteiger partial charge on any atom is -0.319 e. The van der Waals surface area contributed by atoms with Crippen molar-refractivity contribution in [3.8, 4) is 0 Å². The molecule has 0 aliphatic rings. The number of aryl methyl sites for hydroxylation is 1. The highest BCUT2D eigenvalue weighted by atomic mass is 15.3. The number of likely N-dealkylation sites (N-methyl/N-ethyl adjacent to an activating group) is 1. The molecule has 68 valence electrons. The Hall–Kier alpha value is -0.900. The second-order valence-electron chi connectivity index (χ2n) is 2.76. The Morgan fingerprint density at radius 3 is 2.75 bits per heavy atom. The number of rotatable bonds is 4. The van der Waals surface area contributed by atoms with Crippen LogP contribution in [0.3, 0.4) is 0 Å². The first-order valence-electron chi connectivity index (χ1n) is 4.32. The van der Waals surface area contributed by atoms with Crippen molar-refractivity contribution in [1.82, 2.24) is 20.1 Å². The summed E-state index contributed by atoms with van der Waals surface area (Å²) in [4.78, 5) is 0. The average Bonchev–Trinajstić information content (AvgIpc) is 2.43. The van der Waals surface area contributed by atoms with E-state index in [0.717, 1.165) is 31.2 Å². The van der Waals surface area contributed by atoms with Crippen LogP contribution in [-0.4, -0.2) is 28.4 Å². The van der Waals surface area contributed by atoms with Gasteiger partial charge in [0.1, 0.15) is 11.6 Å². The lowest BCUT2D eigenvalue weighted by atomic mass is 10.4. The average molecular weight is 168 g/mol. The first-order chi connectivity index (χ1) is 5.79. The van der Waals surface area contributed by atoms with E-state index in [4.69, 9.17) is 0 Å². The Kier molecular flexibility index (Phi) is 3.22. The smallest absolute Gasteiger partial charge is 0.134 e. The number of nitrogens with one attached hydrogen (secondary N) is 1. The van der Waals surface area contributed by atoms with Gasteiger partial charge in [0.15, 0.2) is 0 Å². The lowest BCUT2D eigenvalue weighted by Crippen LogP contribution is -2.14. The van der Waals surface area contributed by atoms with Gasteiger partial charge in [-0.25, -0.2) is 0 Å². The van der Waals surface area contributed by atoms with Crippen LogP contribution in [-0.2, 0) is 13.0 Å². The summed E-state index contributed by atoms with van der Waals surface area (Å²) >= 11 is 0. The predicted molar refractivity (Wildman–Crippen MR) is 48.1 cm³/mol. The van der Waals surface area contributed by atoms with Crippen LogP contribution in [0.4, 0.5) is 0 Å². The van der Waals surface area contributed by atoms with E-state index < -0.39 is 0 Å². The molecule has 0 radical (unpaired) electrons. The molecule has 0 aliphatic heterocycles. The van der Waals surface area contributed by atoms with Crippen molar-refractivity contribution in [2.24, 2.45) is 0 Å². The van der Waals surface area contributed by atoms with Crippen molar-refractivity contribution >= 4 is 0 Å². The lowest BCUT2D eigenvalue weighted by molar-refractivity contribution is 0.655. The minimum atomic E-state index is 0.950. The third-order valence-corrected chi connectivity index (χ3v) is 1.93. The fourth-order valence-corrected chi connectivity index (χ4v) is 1.26. The molecule has 0 amide bonds. The standard InChI is InChI=1S/C8H16N4/c1-4-12-7(2)10-11-8(12)5-6-9-3/h9H,4-6H2,1-3H3. The van der Waals surface area contributed by atoms with Crippen molar-refractivity contribution in [2.75, 3.05) is 13.6 Å². The van der Waals surface area contributed by atoms with E-state index in [9.17, 15) is 0 Å². The molecular weight excluding hydrogens is 152 g/mol. The van der Waals surface area contributed by atoms with Gasteiger partial charge in [-0.2, -0.15) is 0 Å². The Labute approximate surface area is 73.0 Å². The highest BCUT2D eigenvalue weighted by molar-refractivity contribution is 4.94. The van der Waals surface area contributed by atoms with Gasteiger partial charge < -0.3 is 9.88 Å². The zero-order chi connectivity index (χ0) is 8.97. The number of hydrogen-bond donors (Lipinski definition) is 1. The monoisotopic (exact) mass is 168 g/mol. The second-order valence-corrected chi connectivity index (χ2v) is 2.76. The molecule has 1 aromatic rings. The first-order valence-corrected chi connectivity index (χ1v) is 4.32. The predicted octanol–water partition coefficient (Wildman–Crippen LogP) is 0.368. The number of nitrogens with zero attached hydrogens (tertiary/aromatic N) is 3. The van der Waals surface area contributed by atoms with Gasteiger partial charge in [-0.1, -0.05) is 0 Å². The molecule has 12 heavy (non-hydrogen) atoms. The van der Waals surface area contributed by atoms with Gasteiger partial charge in [0.25, 0.3) is 0 Å². The molecule has 0 aliphatic carbocycles. The summed E-state index contributed by atoms with van der Waals surface area (Å²) in [5.74, 6) is 2.08. The third-order valence-electron chi connectivity index (χ3n) is 1.93. The van der Waals surface area contributed by atoms with E-state index >= 15 is 0 Å². The van der Waals surface area contributed by atoms with E-state index in [1.165, 1.54) is 0 Å². The molecule has 0 fully saturated rings. The first kappa shape index (κ1) is 9.19. The van der Waals surface area contributed by atoms with Crippen LogP contribution in [0, 0.1) is 6.92 Å². The van der Waals surface area contributed by atoms with E-state index in [0.29, 0.717) is 0 Å². The topological polar surface area (TPSA) is 42.7 Å². The molecule has 0 saturated carbocycles. The maximum atomic E-state index is 4.10.